The Bertz CT molecular complexity index is 1260. The number of piperazine rings is 1. The van der Waals surface area contributed by atoms with Gasteiger partial charge in [0.1, 0.15) is 12.1 Å². The summed E-state index contributed by atoms with van der Waals surface area (Å²) in [5.41, 5.74) is 1.20. The summed E-state index contributed by atoms with van der Waals surface area (Å²) < 4.78 is 28.0. The molecule has 0 saturated carbocycles. The summed E-state index contributed by atoms with van der Waals surface area (Å²) in [6, 6.07) is 11.0. The van der Waals surface area contributed by atoms with Crippen LogP contribution in [0.3, 0.4) is 0 Å². The van der Waals surface area contributed by atoms with Gasteiger partial charge >= 0.3 is 0 Å². The van der Waals surface area contributed by atoms with Crippen molar-refractivity contribution in [1.82, 2.24) is 14.2 Å². The Morgan fingerprint density at radius 3 is 2.57 bits per heavy atom. The molecule has 0 N–H and O–H groups in total. The SMILES string of the molecule is C[S+]([O-])N1CCN(C(=O)c2cnc3ccc(F)cc3c2N2CCC(C#N)(c3cccs3)CC2)CC1. The molecular weight excluding hydrogens is 485 g/mol. The molecular formula is C25H26FN5O2S2. The second-order valence-electron chi connectivity index (χ2n) is 8.99. The largest absolute Gasteiger partial charge is 0.598 e. The number of aromatic nitrogens is 1. The number of hydrogen-bond donors (Lipinski definition) is 0. The number of halogens is 1. The lowest BCUT2D eigenvalue weighted by molar-refractivity contribution is 0.0698. The van der Waals surface area contributed by atoms with Crippen molar-refractivity contribution >= 4 is 45.2 Å². The number of thiophene rings is 1. The van der Waals surface area contributed by atoms with E-state index in [9.17, 15) is 19.0 Å². The molecule has 4 heterocycles. The number of hydrogen-bond acceptors (Lipinski definition) is 7. The maximum Gasteiger partial charge on any atom is 0.257 e. The summed E-state index contributed by atoms with van der Waals surface area (Å²) >= 11 is 0.528. The van der Waals surface area contributed by atoms with Gasteiger partial charge in [-0.2, -0.15) is 5.26 Å². The Labute approximate surface area is 211 Å². The number of piperidine rings is 1. The van der Waals surface area contributed by atoms with E-state index in [1.54, 1.807) is 34.8 Å². The maximum atomic E-state index is 14.3. The van der Waals surface area contributed by atoms with Gasteiger partial charge < -0.3 is 14.4 Å². The van der Waals surface area contributed by atoms with Gasteiger partial charge in [0.05, 0.1) is 41.3 Å². The van der Waals surface area contributed by atoms with Gasteiger partial charge in [-0.25, -0.2) is 4.39 Å². The highest BCUT2D eigenvalue weighted by atomic mass is 32.2. The average molecular weight is 512 g/mol. The normalized spacial score (nSPS) is 19.5. The second-order valence-corrected chi connectivity index (χ2v) is 11.3. The van der Waals surface area contributed by atoms with E-state index in [1.165, 1.54) is 12.1 Å². The van der Waals surface area contributed by atoms with Crippen LogP contribution in [0.25, 0.3) is 10.9 Å². The molecule has 35 heavy (non-hydrogen) atoms. The third kappa shape index (κ3) is 4.49. The van der Waals surface area contributed by atoms with E-state index in [2.05, 4.69) is 16.0 Å². The Balaban J connectivity index is 1.48. The highest BCUT2D eigenvalue weighted by Crippen LogP contribution is 2.41. The molecule has 2 saturated heterocycles. The number of amides is 1. The molecule has 1 atom stereocenters. The molecule has 0 radical (unpaired) electrons. The molecule has 10 heteroatoms. The highest BCUT2D eigenvalue weighted by Gasteiger charge is 2.39. The summed E-state index contributed by atoms with van der Waals surface area (Å²) in [5, 5.41) is 12.6. The fourth-order valence-corrected chi connectivity index (χ4v) is 6.66. The monoisotopic (exact) mass is 511 g/mol. The second kappa shape index (κ2) is 9.74. The predicted molar refractivity (Wildman–Crippen MR) is 136 cm³/mol. The Kier molecular flexibility index (Phi) is 6.68. The minimum Gasteiger partial charge on any atom is -0.598 e. The van der Waals surface area contributed by atoms with Crippen LogP contribution in [0.2, 0.25) is 0 Å². The highest BCUT2D eigenvalue weighted by molar-refractivity contribution is 7.88. The summed E-state index contributed by atoms with van der Waals surface area (Å²) in [7, 11) is 0. The van der Waals surface area contributed by atoms with Crippen molar-refractivity contribution in [2.75, 3.05) is 50.4 Å². The summed E-state index contributed by atoms with van der Waals surface area (Å²) in [5.74, 6) is -0.540. The first-order valence-corrected chi connectivity index (χ1v) is 14.0. The van der Waals surface area contributed by atoms with E-state index in [0.29, 0.717) is 74.3 Å². The van der Waals surface area contributed by atoms with Crippen molar-refractivity contribution in [2.45, 2.75) is 18.3 Å². The lowest BCUT2D eigenvalue weighted by atomic mass is 9.78. The first kappa shape index (κ1) is 24.0. The number of carbonyl (C=O) groups is 1. The smallest absolute Gasteiger partial charge is 0.257 e. The number of fused-ring (bicyclic) bond motifs is 1. The van der Waals surface area contributed by atoms with Gasteiger partial charge in [-0.05, 0) is 42.5 Å². The number of nitriles is 1. The van der Waals surface area contributed by atoms with Crippen molar-refractivity contribution in [3.8, 4) is 6.07 Å². The Morgan fingerprint density at radius 2 is 1.94 bits per heavy atom. The molecule has 2 aliphatic rings. The quantitative estimate of drug-likeness (QED) is 0.498. The standard InChI is InChI=1S/C25H26FN5O2S2/c1-35(33)31-12-10-30(11-13-31)24(32)20-16-28-21-5-4-18(26)15-19(21)23(20)29-8-6-25(17-27,7-9-29)22-3-2-14-34-22/h2-5,14-16H,6-13H2,1H3. The van der Waals surface area contributed by atoms with Gasteiger partial charge in [-0.1, -0.05) is 6.07 Å². The van der Waals surface area contributed by atoms with Gasteiger partial charge in [-0.15, -0.1) is 15.6 Å². The van der Waals surface area contributed by atoms with Crippen LogP contribution in [0.4, 0.5) is 10.1 Å². The molecule has 2 fully saturated rings. The van der Waals surface area contributed by atoms with E-state index in [1.807, 2.05) is 21.8 Å². The van der Waals surface area contributed by atoms with Crippen molar-refractivity contribution in [2.24, 2.45) is 0 Å². The molecule has 1 unspecified atom stereocenters. The summed E-state index contributed by atoms with van der Waals surface area (Å²) in [6.45, 7) is 3.15. The lowest BCUT2D eigenvalue weighted by Gasteiger charge is -2.39. The van der Waals surface area contributed by atoms with Gasteiger partial charge in [0.25, 0.3) is 5.91 Å². The fraction of sp³-hybridized carbons (Fsp3) is 0.400. The predicted octanol–water partition coefficient (Wildman–Crippen LogP) is 3.55. The number of carbonyl (C=O) groups excluding carboxylic acids is 1. The molecule has 0 spiro atoms. The maximum absolute atomic E-state index is 14.3. The molecule has 7 nitrogen and oxygen atoms in total. The molecule has 5 rings (SSSR count). The first-order chi connectivity index (χ1) is 16.9. The zero-order valence-electron chi connectivity index (χ0n) is 19.4. The molecule has 1 aromatic carbocycles. The van der Waals surface area contributed by atoms with Crippen LogP contribution in [-0.4, -0.2) is 70.2 Å². The number of rotatable bonds is 4. The average Bonchev–Trinajstić information content (AvgIpc) is 3.43. The lowest BCUT2D eigenvalue weighted by Crippen LogP contribution is -2.50. The molecule has 182 valence electrons. The number of pyridine rings is 1. The van der Waals surface area contributed by atoms with Crippen LogP contribution >= 0.6 is 11.3 Å². The van der Waals surface area contributed by atoms with Gasteiger partial charge in [0, 0.05) is 54.0 Å². The van der Waals surface area contributed by atoms with Gasteiger partial charge in [0.15, 0.2) is 0 Å². The molecule has 2 aromatic heterocycles. The zero-order chi connectivity index (χ0) is 24.6. The van der Waals surface area contributed by atoms with Crippen LogP contribution in [0, 0.1) is 17.1 Å². The third-order valence-corrected chi connectivity index (χ3v) is 9.23. The summed E-state index contributed by atoms with van der Waals surface area (Å²) in [4.78, 5) is 23.1. The van der Waals surface area contributed by atoms with Crippen LogP contribution in [0.1, 0.15) is 28.1 Å². The fourth-order valence-electron chi connectivity index (χ4n) is 5.04. The summed E-state index contributed by atoms with van der Waals surface area (Å²) in [6.07, 6.45) is 4.48. The van der Waals surface area contributed by atoms with Crippen LogP contribution in [0.5, 0.6) is 0 Å². The van der Waals surface area contributed by atoms with E-state index >= 15 is 0 Å². The van der Waals surface area contributed by atoms with Gasteiger partial charge in [0.2, 0.25) is 0 Å². The minimum atomic E-state index is -1.07. The van der Waals surface area contributed by atoms with Crippen molar-refractivity contribution in [3.63, 3.8) is 0 Å². The van der Waals surface area contributed by atoms with Gasteiger partial charge in [-0.3, -0.25) is 9.78 Å². The Hall–Kier alpha value is -2.71. The molecule has 0 bridgehead atoms. The third-order valence-electron chi connectivity index (χ3n) is 7.06. The molecule has 2 aliphatic heterocycles. The van der Waals surface area contributed by atoms with Crippen LogP contribution in [-0.2, 0) is 16.8 Å². The number of nitrogens with zero attached hydrogens (tertiary/aromatic N) is 5. The van der Waals surface area contributed by atoms with Crippen LogP contribution in [0.15, 0.2) is 41.9 Å². The van der Waals surface area contributed by atoms with Crippen molar-refractivity contribution in [3.05, 3.63) is 58.2 Å². The Morgan fingerprint density at radius 1 is 1.20 bits per heavy atom. The minimum absolute atomic E-state index is 0.157. The van der Waals surface area contributed by atoms with Crippen molar-refractivity contribution < 1.29 is 13.7 Å². The number of anilines is 1. The van der Waals surface area contributed by atoms with E-state index in [-0.39, 0.29) is 11.7 Å². The van der Waals surface area contributed by atoms with E-state index in [4.69, 9.17) is 0 Å². The van der Waals surface area contributed by atoms with Crippen molar-refractivity contribution in [1.29, 1.82) is 5.26 Å². The zero-order valence-corrected chi connectivity index (χ0v) is 21.1. The first-order valence-electron chi connectivity index (χ1n) is 11.6. The van der Waals surface area contributed by atoms with E-state index < -0.39 is 16.8 Å². The topological polar surface area (TPSA) is 86.5 Å². The van der Waals surface area contributed by atoms with Crippen LogP contribution < -0.4 is 4.90 Å². The number of benzene rings is 1. The molecule has 1 amide bonds. The van der Waals surface area contributed by atoms with E-state index in [0.717, 1.165) is 4.88 Å². The molecule has 3 aromatic rings. The molecule has 0 aliphatic carbocycles.